The third-order valence-electron chi connectivity index (χ3n) is 3.84. The van der Waals surface area contributed by atoms with E-state index in [1.54, 1.807) is 7.11 Å². The van der Waals surface area contributed by atoms with Crippen molar-refractivity contribution in [2.24, 2.45) is 11.7 Å². The standard InChI is InChI=1S/C16H28N2O/c1-6-12(10-17)16(18-4)13-7-8-15(19-5)14(9-13)11(2)3/h7-9,11-12,16,18H,6,10,17H2,1-5H3. The van der Waals surface area contributed by atoms with Gasteiger partial charge in [0.15, 0.2) is 0 Å². The van der Waals surface area contributed by atoms with Gasteiger partial charge >= 0.3 is 0 Å². The van der Waals surface area contributed by atoms with Gasteiger partial charge in [-0.15, -0.1) is 0 Å². The molecule has 19 heavy (non-hydrogen) atoms. The third-order valence-corrected chi connectivity index (χ3v) is 3.84. The van der Waals surface area contributed by atoms with E-state index < -0.39 is 0 Å². The molecule has 2 atom stereocenters. The maximum Gasteiger partial charge on any atom is 0.122 e. The van der Waals surface area contributed by atoms with E-state index in [0.717, 1.165) is 12.2 Å². The van der Waals surface area contributed by atoms with Crippen LogP contribution in [0.2, 0.25) is 0 Å². The van der Waals surface area contributed by atoms with Crippen molar-refractivity contribution in [3.8, 4) is 5.75 Å². The number of nitrogens with two attached hydrogens (primary N) is 1. The number of ether oxygens (including phenoxy) is 1. The van der Waals surface area contributed by atoms with Gasteiger partial charge in [0.2, 0.25) is 0 Å². The highest BCUT2D eigenvalue weighted by Gasteiger charge is 2.20. The van der Waals surface area contributed by atoms with Crippen LogP contribution in [0.15, 0.2) is 18.2 Å². The van der Waals surface area contributed by atoms with Gasteiger partial charge in [-0.25, -0.2) is 0 Å². The van der Waals surface area contributed by atoms with Gasteiger partial charge < -0.3 is 15.8 Å². The molecule has 0 bridgehead atoms. The molecule has 0 saturated carbocycles. The Balaban J connectivity index is 3.15. The third kappa shape index (κ3) is 3.71. The molecule has 0 aliphatic heterocycles. The largest absolute Gasteiger partial charge is 0.496 e. The number of methoxy groups -OCH3 is 1. The van der Waals surface area contributed by atoms with E-state index in [2.05, 4.69) is 44.3 Å². The van der Waals surface area contributed by atoms with Crippen LogP contribution in [-0.4, -0.2) is 20.7 Å². The van der Waals surface area contributed by atoms with Crippen molar-refractivity contribution in [1.29, 1.82) is 0 Å². The monoisotopic (exact) mass is 264 g/mol. The van der Waals surface area contributed by atoms with Gasteiger partial charge in [0, 0.05) is 6.04 Å². The Labute approximate surface area is 117 Å². The molecule has 3 heteroatoms. The Bertz CT molecular complexity index is 386. The average molecular weight is 264 g/mol. The zero-order valence-corrected chi connectivity index (χ0v) is 12.9. The number of rotatable bonds is 7. The van der Waals surface area contributed by atoms with E-state index in [0.29, 0.717) is 24.4 Å². The molecule has 3 N–H and O–H groups in total. The molecule has 0 spiro atoms. The Morgan fingerprint density at radius 2 is 2.00 bits per heavy atom. The van der Waals surface area contributed by atoms with Crippen molar-refractivity contribution >= 4 is 0 Å². The van der Waals surface area contributed by atoms with Gasteiger partial charge in [-0.3, -0.25) is 0 Å². The molecular weight excluding hydrogens is 236 g/mol. The van der Waals surface area contributed by atoms with Gasteiger partial charge in [0.25, 0.3) is 0 Å². The van der Waals surface area contributed by atoms with Crippen LogP contribution in [0.3, 0.4) is 0 Å². The lowest BCUT2D eigenvalue weighted by Gasteiger charge is -2.26. The number of hydrogen-bond acceptors (Lipinski definition) is 3. The summed E-state index contributed by atoms with van der Waals surface area (Å²) in [7, 11) is 3.73. The minimum atomic E-state index is 0.304. The van der Waals surface area contributed by atoms with E-state index in [1.165, 1.54) is 11.1 Å². The fourth-order valence-electron chi connectivity index (χ4n) is 2.61. The summed E-state index contributed by atoms with van der Waals surface area (Å²) in [5, 5.41) is 3.40. The lowest BCUT2D eigenvalue weighted by atomic mass is 9.88. The smallest absolute Gasteiger partial charge is 0.122 e. The molecule has 0 saturated heterocycles. The van der Waals surface area contributed by atoms with Crippen LogP contribution in [0.25, 0.3) is 0 Å². The van der Waals surface area contributed by atoms with Gasteiger partial charge in [0.05, 0.1) is 7.11 Å². The molecule has 0 fully saturated rings. The maximum atomic E-state index is 5.89. The number of hydrogen-bond donors (Lipinski definition) is 2. The molecule has 0 radical (unpaired) electrons. The molecule has 0 aliphatic rings. The quantitative estimate of drug-likeness (QED) is 0.795. The van der Waals surface area contributed by atoms with Crippen molar-refractivity contribution in [2.45, 2.75) is 39.2 Å². The second kappa shape index (κ2) is 7.51. The minimum Gasteiger partial charge on any atom is -0.496 e. The van der Waals surface area contributed by atoms with Gasteiger partial charge in [-0.05, 0) is 42.6 Å². The Hall–Kier alpha value is -1.06. The topological polar surface area (TPSA) is 47.3 Å². The summed E-state index contributed by atoms with van der Waals surface area (Å²) in [6.07, 6.45) is 1.07. The second-order valence-corrected chi connectivity index (χ2v) is 5.33. The lowest BCUT2D eigenvalue weighted by molar-refractivity contribution is 0.376. The molecule has 1 rings (SSSR count). The Morgan fingerprint density at radius 3 is 2.42 bits per heavy atom. The summed E-state index contributed by atoms with van der Waals surface area (Å²) >= 11 is 0. The van der Waals surface area contributed by atoms with Gasteiger partial charge in [-0.2, -0.15) is 0 Å². The van der Waals surface area contributed by atoms with Crippen LogP contribution in [0.1, 0.15) is 50.3 Å². The van der Waals surface area contributed by atoms with Crippen LogP contribution < -0.4 is 15.8 Å². The average Bonchev–Trinajstić information content (AvgIpc) is 2.43. The zero-order chi connectivity index (χ0) is 14.4. The van der Waals surface area contributed by atoms with E-state index in [-0.39, 0.29) is 0 Å². The number of nitrogens with one attached hydrogen (secondary N) is 1. The van der Waals surface area contributed by atoms with Crippen molar-refractivity contribution < 1.29 is 4.74 Å². The van der Waals surface area contributed by atoms with Gasteiger partial charge in [0.1, 0.15) is 5.75 Å². The summed E-state index contributed by atoms with van der Waals surface area (Å²) in [4.78, 5) is 0. The molecule has 2 unspecified atom stereocenters. The lowest BCUT2D eigenvalue weighted by Crippen LogP contribution is -2.30. The van der Waals surface area contributed by atoms with E-state index in [9.17, 15) is 0 Å². The van der Waals surface area contributed by atoms with Crippen LogP contribution in [0, 0.1) is 5.92 Å². The summed E-state index contributed by atoms with van der Waals surface area (Å²) in [6.45, 7) is 7.27. The molecule has 0 aromatic heterocycles. The van der Waals surface area contributed by atoms with E-state index in [1.807, 2.05) is 7.05 Å². The summed E-state index contributed by atoms with van der Waals surface area (Å²) in [5.74, 6) is 1.87. The first kappa shape index (κ1) is 16.0. The van der Waals surface area contributed by atoms with Crippen molar-refractivity contribution in [1.82, 2.24) is 5.32 Å². The van der Waals surface area contributed by atoms with Gasteiger partial charge in [-0.1, -0.05) is 39.3 Å². The first-order valence-corrected chi connectivity index (χ1v) is 7.14. The first-order valence-electron chi connectivity index (χ1n) is 7.14. The summed E-state index contributed by atoms with van der Waals surface area (Å²) in [5.41, 5.74) is 8.44. The molecule has 0 aliphatic carbocycles. The normalized spacial score (nSPS) is 14.5. The first-order chi connectivity index (χ1) is 9.08. The highest BCUT2D eigenvalue weighted by atomic mass is 16.5. The fraction of sp³-hybridized carbons (Fsp3) is 0.625. The number of benzene rings is 1. The molecule has 1 aromatic rings. The Kier molecular flexibility index (Phi) is 6.32. The molecule has 3 nitrogen and oxygen atoms in total. The molecule has 0 amide bonds. The van der Waals surface area contributed by atoms with Crippen LogP contribution in [-0.2, 0) is 0 Å². The predicted octanol–water partition coefficient (Wildman–Crippen LogP) is 3.06. The second-order valence-electron chi connectivity index (χ2n) is 5.33. The summed E-state index contributed by atoms with van der Waals surface area (Å²) in [6, 6.07) is 6.77. The van der Waals surface area contributed by atoms with Crippen molar-refractivity contribution in [3.63, 3.8) is 0 Å². The SMILES string of the molecule is CCC(CN)C(NC)c1ccc(OC)c(C(C)C)c1. The van der Waals surface area contributed by atoms with Crippen molar-refractivity contribution in [2.75, 3.05) is 20.7 Å². The molecular formula is C16H28N2O. The van der Waals surface area contributed by atoms with Crippen molar-refractivity contribution in [3.05, 3.63) is 29.3 Å². The Morgan fingerprint density at radius 1 is 1.32 bits per heavy atom. The molecule has 108 valence electrons. The van der Waals surface area contributed by atoms with E-state index >= 15 is 0 Å². The van der Waals surface area contributed by atoms with E-state index in [4.69, 9.17) is 10.5 Å². The minimum absolute atomic E-state index is 0.304. The van der Waals surface area contributed by atoms with Crippen LogP contribution in [0.4, 0.5) is 0 Å². The molecule has 0 heterocycles. The predicted molar refractivity (Wildman–Crippen MR) is 81.7 cm³/mol. The zero-order valence-electron chi connectivity index (χ0n) is 12.9. The highest BCUT2D eigenvalue weighted by Crippen LogP contribution is 2.32. The molecule has 1 aromatic carbocycles. The van der Waals surface area contributed by atoms with Crippen LogP contribution >= 0.6 is 0 Å². The highest BCUT2D eigenvalue weighted by molar-refractivity contribution is 5.40. The fourth-order valence-corrected chi connectivity index (χ4v) is 2.61. The summed E-state index contributed by atoms with van der Waals surface area (Å²) < 4.78 is 5.44. The van der Waals surface area contributed by atoms with Crippen LogP contribution in [0.5, 0.6) is 5.75 Å². The maximum absolute atomic E-state index is 5.89.